The number of nitrogens with zero attached hydrogens (tertiary/aromatic N) is 4. The van der Waals surface area contributed by atoms with Crippen molar-refractivity contribution < 1.29 is 9.90 Å². The van der Waals surface area contributed by atoms with E-state index >= 15 is 0 Å². The van der Waals surface area contributed by atoms with Gasteiger partial charge in [0, 0.05) is 37.9 Å². The number of hydrogen-bond acceptors (Lipinski definition) is 5. The van der Waals surface area contributed by atoms with E-state index in [-0.39, 0.29) is 0 Å². The van der Waals surface area contributed by atoms with E-state index in [1.54, 1.807) is 12.3 Å². The van der Waals surface area contributed by atoms with Crippen molar-refractivity contribution in [3.8, 4) is 0 Å². The first-order valence-corrected chi connectivity index (χ1v) is 10.3. The molecule has 1 saturated carbocycles. The molecule has 0 spiro atoms. The van der Waals surface area contributed by atoms with E-state index in [1.165, 1.54) is 4.90 Å². The van der Waals surface area contributed by atoms with Crippen LogP contribution in [-0.4, -0.2) is 52.7 Å². The first-order chi connectivity index (χ1) is 13.9. The van der Waals surface area contributed by atoms with Gasteiger partial charge in [0.25, 0.3) is 0 Å². The molecule has 1 fully saturated rings. The van der Waals surface area contributed by atoms with Gasteiger partial charge in [-0.1, -0.05) is 29.8 Å². The molecule has 3 rings (SSSR count). The standard InChI is InChI=1S/C21H28ClN5O2/c1-26(2)19-11-12-23-20(25-19)24-17-9-7-15(8-10-17)13-27(21(28)29)14-16-5-3-4-6-18(16)22/h3-6,11-12,15,17H,7-10,13-14H2,1-2H3,(H,28,29)(H,23,24,25)/t15-,17+. The maximum absolute atomic E-state index is 11.7. The molecule has 0 atom stereocenters. The second-order valence-corrected chi connectivity index (χ2v) is 8.16. The Bertz CT molecular complexity index is 824. The Labute approximate surface area is 176 Å². The molecule has 0 unspecified atom stereocenters. The third kappa shape index (κ3) is 5.97. The highest BCUT2D eigenvalue weighted by molar-refractivity contribution is 6.31. The van der Waals surface area contributed by atoms with Gasteiger partial charge in [0.05, 0.1) is 6.54 Å². The number of amides is 1. The average Bonchev–Trinajstić information content (AvgIpc) is 2.70. The number of anilines is 2. The number of carbonyl (C=O) groups is 1. The molecule has 1 aromatic heterocycles. The SMILES string of the molecule is CN(C)c1ccnc(N[C@H]2CC[C@@H](CN(Cc3ccccc3Cl)C(=O)O)CC2)n1. The summed E-state index contributed by atoms with van der Waals surface area (Å²) in [4.78, 5) is 24.0. The fourth-order valence-electron chi connectivity index (χ4n) is 3.69. The normalized spacial score (nSPS) is 18.9. The summed E-state index contributed by atoms with van der Waals surface area (Å²) in [6.45, 7) is 0.845. The minimum absolute atomic E-state index is 0.311. The molecule has 7 nitrogen and oxygen atoms in total. The second-order valence-electron chi connectivity index (χ2n) is 7.75. The lowest BCUT2D eigenvalue weighted by molar-refractivity contribution is 0.127. The number of carboxylic acid groups (broad SMARTS) is 1. The molecule has 0 aliphatic heterocycles. The fraction of sp³-hybridized carbons (Fsp3) is 0.476. The topological polar surface area (TPSA) is 81.6 Å². The van der Waals surface area contributed by atoms with Crippen LogP contribution < -0.4 is 10.2 Å². The largest absolute Gasteiger partial charge is 0.465 e. The zero-order valence-corrected chi connectivity index (χ0v) is 17.6. The quantitative estimate of drug-likeness (QED) is 0.697. The first kappa shape index (κ1) is 21.2. The molecule has 156 valence electrons. The summed E-state index contributed by atoms with van der Waals surface area (Å²) in [5.41, 5.74) is 0.838. The number of rotatable bonds is 7. The summed E-state index contributed by atoms with van der Waals surface area (Å²) < 4.78 is 0. The van der Waals surface area contributed by atoms with Crippen LogP contribution in [0, 0.1) is 5.92 Å². The molecule has 1 aliphatic rings. The van der Waals surface area contributed by atoms with Gasteiger partial charge in [-0.3, -0.25) is 0 Å². The Morgan fingerprint density at radius 2 is 1.93 bits per heavy atom. The van der Waals surface area contributed by atoms with E-state index in [1.807, 2.05) is 43.3 Å². The van der Waals surface area contributed by atoms with Gasteiger partial charge in [0.2, 0.25) is 5.95 Å². The minimum Gasteiger partial charge on any atom is -0.465 e. The Hall–Kier alpha value is -2.54. The summed E-state index contributed by atoms with van der Waals surface area (Å²) in [5, 5.41) is 13.7. The molecule has 1 aromatic carbocycles. The van der Waals surface area contributed by atoms with Crippen LogP contribution in [0.15, 0.2) is 36.5 Å². The molecule has 0 bridgehead atoms. The third-order valence-corrected chi connectivity index (χ3v) is 5.72. The van der Waals surface area contributed by atoms with Gasteiger partial charge >= 0.3 is 6.09 Å². The van der Waals surface area contributed by atoms with Crippen LogP contribution in [0.2, 0.25) is 5.02 Å². The van der Waals surface area contributed by atoms with Crippen LogP contribution in [0.1, 0.15) is 31.2 Å². The van der Waals surface area contributed by atoms with Crippen LogP contribution >= 0.6 is 11.6 Å². The second kappa shape index (κ2) is 9.78. The van der Waals surface area contributed by atoms with Crippen molar-refractivity contribution in [3.63, 3.8) is 0 Å². The Balaban J connectivity index is 1.52. The molecule has 1 amide bonds. The molecule has 1 aliphatic carbocycles. The maximum Gasteiger partial charge on any atom is 0.407 e. The highest BCUT2D eigenvalue weighted by atomic mass is 35.5. The fourth-order valence-corrected chi connectivity index (χ4v) is 3.89. The van der Waals surface area contributed by atoms with Crippen molar-refractivity contribution in [3.05, 3.63) is 47.1 Å². The predicted molar refractivity (Wildman–Crippen MR) is 116 cm³/mol. The molecule has 8 heteroatoms. The number of aromatic nitrogens is 2. The summed E-state index contributed by atoms with van der Waals surface area (Å²) in [6.07, 6.45) is 4.74. The number of benzene rings is 1. The van der Waals surface area contributed by atoms with Gasteiger partial charge < -0.3 is 20.2 Å². The monoisotopic (exact) mass is 417 g/mol. The lowest BCUT2D eigenvalue weighted by atomic mass is 9.85. The van der Waals surface area contributed by atoms with E-state index in [2.05, 4.69) is 15.3 Å². The Morgan fingerprint density at radius 1 is 1.21 bits per heavy atom. The van der Waals surface area contributed by atoms with Crippen molar-refractivity contribution in [2.45, 2.75) is 38.3 Å². The predicted octanol–water partition coefficient (Wildman–Crippen LogP) is 4.35. The third-order valence-electron chi connectivity index (χ3n) is 5.35. The van der Waals surface area contributed by atoms with E-state index in [9.17, 15) is 9.90 Å². The Kier molecular flexibility index (Phi) is 7.14. The van der Waals surface area contributed by atoms with E-state index < -0.39 is 6.09 Å². The van der Waals surface area contributed by atoms with Crippen molar-refractivity contribution in [1.82, 2.24) is 14.9 Å². The van der Waals surface area contributed by atoms with Gasteiger partial charge in [0.1, 0.15) is 5.82 Å². The van der Waals surface area contributed by atoms with Crippen LogP contribution in [0.3, 0.4) is 0 Å². The molecular formula is C21H28ClN5O2. The molecule has 2 N–H and O–H groups in total. The summed E-state index contributed by atoms with van der Waals surface area (Å²) in [6, 6.07) is 9.59. The van der Waals surface area contributed by atoms with Crippen LogP contribution in [0.5, 0.6) is 0 Å². The number of hydrogen-bond donors (Lipinski definition) is 2. The number of nitrogens with one attached hydrogen (secondary N) is 1. The van der Waals surface area contributed by atoms with Crippen LogP contribution in [0.25, 0.3) is 0 Å². The van der Waals surface area contributed by atoms with E-state index in [0.717, 1.165) is 37.1 Å². The summed E-state index contributed by atoms with van der Waals surface area (Å²) in [5.74, 6) is 1.86. The first-order valence-electron chi connectivity index (χ1n) is 9.90. The van der Waals surface area contributed by atoms with Crippen LogP contribution in [0.4, 0.5) is 16.6 Å². The molecule has 1 heterocycles. The van der Waals surface area contributed by atoms with Crippen LogP contribution in [-0.2, 0) is 6.54 Å². The Morgan fingerprint density at radius 3 is 2.59 bits per heavy atom. The van der Waals surface area contributed by atoms with Crippen molar-refractivity contribution in [2.24, 2.45) is 5.92 Å². The molecule has 0 saturated heterocycles. The summed E-state index contributed by atoms with van der Waals surface area (Å²) >= 11 is 6.20. The highest BCUT2D eigenvalue weighted by Gasteiger charge is 2.25. The van der Waals surface area contributed by atoms with E-state index in [0.29, 0.717) is 36.0 Å². The number of halogens is 1. The molecule has 0 radical (unpaired) electrons. The van der Waals surface area contributed by atoms with Gasteiger partial charge in [-0.05, 0) is 49.3 Å². The van der Waals surface area contributed by atoms with Crippen molar-refractivity contribution in [1.29, 1.82) is 0 Å². The van der Waals surface area contributed by atoms with Crippen molar-refractivity contribution in [2.75, 3.05) is 30.9 Å². The average molecular weight is 418 g/mol. The van der Waals surface area contributed by atoms with Gasteiger partial charge in [-0.15, -0.1) is 0 Å². The highest BCUT2D eigenvalue weighted by Crippen LogP contribution is 2.28. The molecular weight excluding hydrogens is 390 g/mol. The van der Waals surface area contributed by atoms with Gasteiger partial charge in [-0.25, -0.2) is 9.78 Å². The molecule has 2 aromatic rings. The van der Waals surface area contributed by atoms with Crippen molar-refractivity contribution >= 4 is 29.5 Å². The van der Waals surface area contributed by atoms with Gasteiger partial charge in [0.15, 0.2) is 0 Å². The zero-order valence-electron chi connectivity index (χ0n) is 16.9. The lowest BCUT2D eigenvalue weighted by Gasteiger charge is -2.32. The zero-order chi connectivity index (χ0) is 20.8. The lowest BCUT2D eigenvalue weighted by Crippen LogP contribution is -2.37. The van der Waals surface area contributed by atoms with Gasteiger partial charge in [-0.2, -0.15) is 4.98 Å². The smallest absolute Gasteiger partial charge is 0.407 e. The summed E-state index contributed by atoms with van der Waals surface area (Å²) in [7, 11) is 3.91. The maximum atomic E-state index is 11.7. The molecule has 29 heavy (non-hydrogen) atoms. The minimum atomic E-state index is -0.904. The van der Waals surface area contributed by atoms with E-state index in [4.69, 9.17) is 11.6 Å².